The molecule has 130 heavy (non-hydrogen) atoms. The molecule has 36 nitrogen and oxygen atoms in total. The van der Waals surface area contributed by atoms with Crippen LogP contribution in [0.1, 0.15) is 196 Å². The van der Waals surface area contributed by atoms with E-state index in [-0.39, 0.29) is 58.7 Å². The van der Waals surface area contributed by atoms with Gasteiger partial charge in [0.1, 0.15) is 34.2 Å². The predicted octanol–water partition coefficient (Wildman–Crippen LogP) is 12.4. The summed E-state index contributed by atoms with van der Waals surface area (Å²) in [6, 6.07) is 25.8. The molecule has 8 N–H and O–H groups in total. The van der Waals surface area contributed by atoms with Crippen molar-refractivity contribution in [3.8, 4) is 11.5 Å². The SMILES string of the molecule is CN1C(=O)CCN(C2CCCC2)c2nc(Nc3ccc(C(=O)O)cc3)ncc21.CN1CCC(NC(=O)c2ccc(Nc3ncc4c(n3)N(C3CCCC3)CCC(=O)N4C)cc2)CC1.COc1cc(C(=O)NC2CCN(C)CC2)ccc1Nc1ncc2c(n1)N(C1CCCC1)CCC(=O)N2C.COc1cc(C(=O)O)ccc1Nc1ncc2c(n1)N(C1CCCC1)CCC(=O)N2C. The molecule has 0 atom stereocenters. The summed E-state index contributed by atoms with van der Waals surface area (Å²) in [6.07, 6.45) is 31.0. The molecule has 0 unspecified atom stereocenters. The third-order valence-electron chi connectivity index (χ3n) is 26.7. The van der Waals surface area contributed by atoms with Gasteiger partial charge in [0.15, 0.2) is 23.3 Å². The lowest BCUT2D eigenvalue weighted by Crippen LogP contribution is -2.43. The standard InChI is InChI=1S/C27H37N7O3.C26H35N7O2.C21H25N5O4.C20H23N5O3/c1-32-13-10-19(11-14-32)29-26(36)18-8-9-21(23(16-18)37-3)30-27-28-17-22-25(31-27)34(20-6-4-5-7-20)15-12-24(35)33(22)2;1-31-14-11-20(12-15-31)28-25(35)18-7-9-19(10-8-18)29-26-27-17-22-24(30-26)33(21-5-3-4-6-21)16-13-23(34)32(22)2;1-25-16-12-22-21(23-15-8-7-13(20(28)29)11-17(15)30-2)24-19(16)26(10-9-18(25)27)14-5-3-4-6-14;1-24-16-12-21-20(22-14-8-6-13(7-9-14)19(27)28)23-18(16)25(11-10-17(24)26)15-4-2-3-5-15/h8-9,16-17,19-20H,4-7,10-15H2,1-3H3,(H,29,36)(H,28,30,31);7-10,17,20-21H,3-6,11-16H2,1-2H3,(H,28,35)(H,27,29,30);7-8,11-12,14H,3-6,9-10H2,1-2H3,(H,28,29)(H,22,23,24);6-9,12,15H,2-5,10-11H2,1H3,(H,27,28)(H,21,22,23). The summed E-state index contributed by atoms with van der Waals surface area (Å²) < 4.78 is 10.9. The fourth-order valence-corrected chi connectivity index (χ4v) is 18.9. The lowest BCUT2D eigenvalue weighted by molar-refractivity contribution is -0.118. The van der Waals surface area contributed by atoms with Gasteiger partial charge in [-0.3, -0.25) is 28.8 Å². The van der Waals surface area contributed by atoms with Crippen molar-refractivity contribution in [2.24, 2.45) is 0 Å². The minimum Gasteiger partial charge on any atom is -0.495 e. The summed E-state index contributed by atoms with van der Waals surface area (Å²) in [5.74, 6) is 3.88. The van der Waals surface area contributed by atoms with Gasteiger partial charge in [-0.1, -0.05) is 51.4 Å². The van der Waals surface area contributed by atoms with E-state index in [9.17, 15) is 43.5 Å². The van der Waals surface area contributed by atoms with Crippen LogP contribution in [0.4, 0.5) is 92.6 Å². The third kappa shape index (κ3) is 21.9. The normalized spacial score (nSPS) is 18.6. The molecule has 10 aliphatic rings. The molecule has 4 aliphatic carbocycles. The van der Waals surface area contributed by atoms with Crippen LogP contribution in [0.15, 0.2) is 110 Å². The highest BCUT2D eigenvalue weighted by Crippen LogP contribution is 2.43. The van der Waals surface area contributed by atoms with Crippen LogP contribution in [0.25, 0.3) is 0 Å². The van der Waals surface area contributed by atoms with Crippen LogP contribution in [0.5, 0.6) is 11.5 Å². The molecule has 0 spiro atoms. The second kappa shape index (κ2) is 42.0. The topological polar surface area (TPSA) is 403 Å². The highest BCUT2D eigenvalue weighted by Gasteiger charge is 2.38. The molecule has 4 aromatic carbocycles. The fraction of sp³-hybridized carbons (Fsp3) is 0.489. The van der Waals surface area contributed by atoms with Gasteiger partial charge in [-0.25, -0.2) is 29.5 Å². The highest BCUT2D eigenvalue weighted by molar-refractivity contribution is 6.01. The van der Waals surface area contributed by atoms with Gasteiger partial charge in [-0.15, -0.1) is 0 Å². The van der Waals surface area contributed by atoms with Crippen LogP contribution in [0, 0.1) is 0 Å². The number of rotatable bonds is 20. The van der Waals surface area contributed by atoms with Gasteiger partial charge in [-0.05, 0) is 202 Å². The Morgan fingerprint density at radius 3 is 0.908 bits per heavy atom. The molecule has 36 heteroatoms. The van der Waals surface area contributed by atoms with Gasteiger partial charge in [0.05, 0.1) is 61.5 Å². The quantitative estimate of drug-likeness (QED) is 0.0351. The van der Waals surface area contributed by atoms with Gasteiger partial charge in [0, 0.05) is 139 Å². The molecule has 6 amide bonds. The summed E-state index contributed by atoms with van der Waals surface area (Å²) in [5.41, 5.74) is 7.21. The Hall–Kier alpha value is -13.1. The molecule has 18 rings (SSSR count). The first-order valence-electron chi connectivity index (χ1n) is 45.6. The first kappa shape index (κ1) is 91.6. The summed E-state index contributed by atoms with van der Waals surface area (Å²) in [4.78, 5) is 155. The molecule has 6 aliphatic heterocycles. The number of carbonyl (C=O) groups excluding carboxylic acids is 6. The van der Waals surface area contributed by atoms with Gasteiger partial charge >= 0.3 is 11.9 Å². The maximum atomic E-state index is 12.9. The number of benzene rings is 4. The number of amides is 6. The fourth-order valence-electron chi connectivity index (χ4n) is 18.9. The Bertz CT molecular complexity index is 5380. The Balaban J connectivity index is 0.000000134. The Labute approximate surface area is 757 Å². The van der Waals surface area contributed by atoms with Crippen molar-refractivity contribution in [1.82, 2.24) is 60.3 Å². The van der Waals surface area contributed by atoms with Gasteiger partial charge < -0.3 is 101 Å². The van der Waals surface area contributed by atoms with E-state index in [0.29, 0.717) is 145 Å². The number of likely N-dealkylation sites (tertiary alicyclic amines) is 2. The highest BCUT2D eigenvalue weighted by atomic mass is 16.5. The molecule has 2 saturated heterocycles. The third-order valence-corrected chi connectivity index (χ3v) is 26.7. The molecular formula is C94H120N24O12. The molecule has 10 heterocycles. The van der Waals surface area contributed by atoms with Gasteiger partial charge in [-0.2, -0.15) is 19.9 Å². The van der Waals surface area contributed by atoms with Crippen LogP contribution in [-0.2, 0) is 19.2 Å². The summed E-state index contributed by atoms with van der Waals surface area (Å²) >= 11 is 0. The number of nitrogens with one attached hydrogen (secondary N) is 6. The van der Waals surface area contributed by atoms with Crippen molar-refractivity contribution in [2.45, 2.75) is 190 Å². The zero-order chi connectivity index (χ0) is 91.2. The second-order valence-corrected chi connectivity index (χ2v) is 35.1. The maximum absolute atomic E-state index is 12.9. The van der Waals surface area contributed by atoms with Crippen molar-refractivity contribution < 1.29 is 58.0 Å². The van der Waals surface area contributed by atoms with E-state index in [1.54, 1.807) is 110 Å². The molecular weight excluding hydrogens is 1660 g/mol. The number of methoxy groups -OCH3 is 2. The Morgan fingerprint density at radius 2 is 0.608 bits per heavy atom. The first-order chi connectivity index (χ1) is 62.9. The van der Waals surface area contributed by atoms with E-state index in [2.05, 4.69) is 95.3 Å². The van der Waals surface area contributed by atoms with E-state index >= 15 is 0 Å². The lowest BCUT2D eigenvalue weighted by atomic mass is 10.0. The monoisotopic (exact) mass is 1780 g/mol. The number of carbonyl (C=O) groups is 8. The van der Waals surface area contributed by atoms with Crippen molar-refractivity contribution in [2.75, 3.05) is 169 Å². The lowest BCUT2D eigenvalue weighted by Gasteiger charge is -2.30. The average Bonchev–Trinajstić information content (AvgIpc) is 1.63. The number of anilines is 16. The van der Waals surface area contributed by atoms with E-state index in [1.165, 1.54) is 82.7 Å². The van der Waals surface area contributed by atoms with E-state index in [4.69, 9.17) is 34.5 Å². The number of carboxylic acids is 2. The minimum absolute atomic E-state index is 0.0349. The van der Waals surface area contributed by atoms with Crippen molar-refractivity contribution in [3.05, 3.63) is 132 Å². The first-order valence-corrected chi connectivity index (χ1v) is 45.6. The number of aromatic carboxylic acids is 2. The molecule has 688 valence electrons. The number of nitrogens with zero attached hydrogens (tertiary/aromatic N) is 18. The van der Waals surface area contributed by atoms with Crippen LogP contribution in [0.3, 0.4) is 0 Å². The number of piperidine rings is 2. The number of ether oxygens (including phenoxy) is 2. The predicted molar refractivity (Wildman–Crippen MR) is 501 cm³/mol. The summed E-state index contributed by atoms with van der Waals surface area (Å²) in [5, 5.41) is 37.3. The van der Waals surface area contributed by atoms with Crippen LogP contribution in [-0.4, -0.2) is 252 Å². The number of aromatic nitrogens is 8. The zero-order valence-corrected chi connectivity index (χ0v) is 75.5. The Morgan fingerprint density at radius 1 is 0.338 bits per heavy atom. The van der Waals surface area contributed by atoms with E-state index in [0.717, 1.165) is 149 Å². The van der Waals surface area contributed by atoms with Gasteiger partial charge in [0.25, 0.3) is 11.8 Å². The average molecular weight is 1780 g/mol. The van der Waals surface area contributed by atoms with Crippen LogP contribution < -0.4 is 80.6 Å². The number of fused-ring (bicyclic) bond motifs is 4. The van der Waals surface area contributed by atoms with Gasteiger partial charge in [0.2, 0.25) is 47.4 Å². The molecule has 8 aromatic rings. The number of carboxylic acid groups (broad SMARTS) is 2. The number of hydrogen-bond donors (Lipinski definition) is 8. The molecule has 4 saturated carbocycles. The molecule has 0 radical (unpaired) electrons. The maximum Gasteiger partial charge on any atom is 0.335 e. The number of hydrogen-bond acceptors (Lipinski definition) is 28. The molecule has 0 bridgehead atoms. The minimum atomic E-state index is -1.03. The summed E-state index contributed by atoms with van der Waals surface area (Å²) in [7, 11) is 14.4. The largest absolute Gasteiger partial charge is 0.495 e. The Kier molecular flexibility index (Phi) is 29.6. The van der Waals surface area contributed by atoms with E-state index in [1.807, 2.05) is 30.3 Å². The smallest absolute Gasteiger partial charge is 0.335 e. The zero-order valence-electron chi connectivity index (χ0n) is 75.5. The van der Waals surface area contributed by atoms with Crippen molar-refractivity contribution in [3.63, 3.8) is 0 Å². The van der Waals surface area contributed by atoms with Crippen LogP contribution in [0.2, 0.25) is 0 Å². The van der Waals surface area contributed by atoms with Crippen LogP contribution >= 0.6 is 0 Å². The van der Waals surface area contributed by atoms with E-state index < -0.39 is 11.9 Å². The second-order valence-electron chi connectivity index (χ2n) is 35.1. The van der Waals surface area contributed by atoms with Crippen molar-refractivity contribution >= 4 is 140 Å². The summed E-state index contributed by atoms with van der Waals surface area (Å²) in [6.45, 7) is 6.62. The molecule has 4 aromatic heterocycles. The molecule has 6 fully saturated rings. The van der Waals surface area contributed by atoms with Crippen molar-refractivity contribution in [1.29, 1.82) is 0 Å².